The molecule has 0 saturated carbocycles. The second kappa shape index (κ2) is 9.77. The van der Waals surface area contributed by atoms with Crippen molar-refractivity contribution in [3.05, 3.63) is 0 Å². The van der Waals surface area contributed by atoms with Crippen LogP contribution in [0.1, 0.15) is 40.5 Å². The molecule has 0 aliphatic carbocycles. The summed E-state index contributed by atoms with van der Waals surface area (Å²) < 4.78 is 0. The van der Waals surface area contributed by atoms with Gasteiger partial charge in [-0.05, 0) is 24.1 Å². The van der Waals surface area contributed by atoms with Gasteiger partial charge in [0.1, 0.15) is 0 Å². The van der Waals surface area contributed by atoms with Crippen molar-refractivity contribution < 1.29 is 4.79 Å². The van der Waals surface area contributed by atoms with Gasteiger partial charge in [-0.15, -0.1) is 0 Å². The Kier molecular flexibility index (Phi) is 9.65. The zero-order valence-electron chi connectivity index (χ0n) is 11.8. The Balaban J connectivity index is 3.25. The minimum Gasteiger partial charge on any atom is -0.355 e. The van der Waals surface area contributed by atoms with Crippen LogP contribution in [0.3, 0.4) is 0 Å². The van der Waals surface area contributed by atoms with Gasteiger partial charge in [-0.3, -0.25) is 4.79 Å². The van der Waals surface area contributed by atoms with E-state index < -0.39 is 0 Å². The van der Waals surface area contributed by atoms with E-state index in [4.69, 9.17) is 0 Å². The smallest absolute Gasteiger partial charge is 0.221 e. The summed E-state index contributed by atoms with van der Waals surface area (Å²) in [6, 6.07) is 0. The predicted molar refractivity (Wildman–Crippen MR) is 77.6 cm³/mol. The first-order chi connectivity index (χ1) is 7.95. The third-order valence-corrected chi connectivity index (χ3v) is 3.33. The van der Waals surface area contributed by atoms with E-state index in [1.54, 1.807) is 0 Å². The van der Waals surface area contributed by atoms with Gasteiger partial charge in [0, 0.05) is 25.3 Å². The molecule has 0 aromatic rings. The molecule has 0 bridgehead atoms. The largest absolute Gasteiger partial charge is 0.355 e. The normalized spacial score (nSPS) is 11.5. The van der Waals surface area contributed by atoms with Crippen LogP contribution in [0.2, 0.25) is 0 Å². The number of amides is 1. The van der Waals surface area contributed by atoms with E-state index in [1.165, 1.54) is 12.2 Å². The molecule has 0 radical (unpaired) electrons. The van der Waals surface area contributed by atoms with Crippen molar-refractivity contribution in [3.63, 3.8) is 0 Å². The van der Waals surface area contributed by atoms with Crippen LogP contribution in [0.5, 0.6) is 0 Å². The highest BCUT2D eigenvalue weighted by molar-refractivity contribution is 7.99. The monoisotopic (exact) mass is 260 g/mol. The van der Waals surface area contributed by atoms with E-state index >= 15 is 0 Å². The van der Waals surface area contributed by atoms with Gasteiger partial charge in [-0.2, -0.15) is 11.8 Å². The maximum atomic E-state index is 11.3. The van der Waals surface area contributed by atoms with E-state index in [2.05, 4.69) is 31.4 Å². The average molecular weight is 260 g/mol. The van der Waals surface area contributed by atoms with Crippen molar-refractivity contribution >= 4 is 17.7 Å². The first-order valence-electron chi connectivity index (χ1n) is 6.51. The third kappa shape index (κ3) is 13.7. The van der Waals surface area contributed by atoms with Crippen molar-refractivity contribution in [1.29, 1.82) is 0 Å². The van der Waals surface area contributed by atoms with Gasteiger partial charge in [0.05, 0.1) is 0 Å². The maximum absolute atomic E-state index is 11.3. The molecule has 0 atom stereocenters. The van der Waals surface area contributed by atoms with Crippen LogP contribution in [0.4, 0.5) is 0 Å². The lowest BCUT2D eigenvalue weighted by Crippen LogP contribution is -2.29. The highest BCUT2D eigenvalue weighted by atomic mass is 32.2. The summed E-state index contributed by atoms with van der Waals surface area (Å²) >= 11 is 1.92. The van der Waals surface area contributed by atoms with E-state index in [0.29, 0.717) is 11.8 Å². The summed E-state index contributed by atoms with van der Waals surface area (Å²) in [6.07, 6.45) is 1.81. The lowest BCUT2D eigenvalue weighted by atomic mass is 9.94. The van der Waals surface area contributed by atoms with Crippen LogP contribution in [0.15, 0.2) is 0 Å². The van der Waals surface area contributed by atoms with Gasteiger partial charge in [0.25, 0.3) is 0 Å². The zero-order valence-corrected chi connectivity index (χ0v) is 12.6. The molecule has 0 aliphatic heterocycles. The van der Waals surface area contributed by atoms with Crippen molar-refractivity contribution in [2.75, 3.05) is 31.1 Å². The predicted octanol–water partition coefficient (Wildman–Crippen LogP) is 2.27. The molecular formula is C13H28N2OS. The van der Waals surface area contributed by atoms with E-state index in [9.17, 15) is 4.79 Å². The molecule has 0 unspecified atom stereocenters. The Morgan fingerprint density at radius 1 is 1.18 bits per heavy atom. The fourth-order valence-electron chi connectivity index (χ4n) is 1.21. The zero-order chi connectivity index (χ0) is 13.1. The minimum atomic E-state index is 0.155. The van der Waals surface area contributed by atoms with Crippen LogP contribution in [0.25, 0.3) is 0 Å². The lowest BCUT2D eigenvalue weighted by Gasteiger charge is -2.17. The summed E-state index contributed by atoms with van der Waals surface area (Å²) in [5.74, 6) is 2.35. The molecule has 2 N–H and O–H groups in total. The SMILES string of the molecule is CCNCCC(=O)NCCSCCC(C)(C)C. The molecule has 0 saturated heterocycles. The summed E-state index contributed by atoms with van der Waals surface area (Å²) in [6.45, 7) is 11.3. The van der Waals surface area contributed by atoms with Crippen molar-refractivity contribution in [1.82, 2.24) is 10.6 Å². The quantitative estimate of drug-likeness (QED) is 0.625. The number of rotatable bonds is 9. The molecule has 3 nitrogen and oxygen atoms in total. The van der Waals surface area contributed by atoms with E-state index in [1.807, 2.05) is 18.7 Å². The van der Waals surface area contributed by atoms with E-state index in [-0.39, 0.29) is 5.91 Å². The standard InChI is InChI=1S/C13H28N2OS/c1-5-14-8-6-12(16)15-9-11-17-10-7-13(2,3)4/h14H,5-11H2,1-4H3,(H,15,16). The maximum Gasteiger partial charge on any atom is 0.221 e. The number of carbonyl (C=O) groups is 1. The molecule has 0 heterocycles. The molecule has 0 rings (SSSR count). The first kappa shape index (κ1) is 16.8. The molecular weight excluding hydrogens is 232 g/mol. The Morgan fingerprint density at radius 2 is 1.88 bits per heavy atom. The molecule has 4 heteroatoms. The minimum absolute atomic E-state index is 0.155. The molecule has 1 amide bonds. The van der Waals surface area contributed by atoms with Crippen molar-refractivity contribution in [2.24, 2.45) is 5.41 Å². The van der Waals surface area contributed by atoms with Gasteiger partial charge >= 0.3 is 0 Å². The molecule has 102 valence electrons. The highest BCUT2D eigenvalue weighted by Crippen LogP contribution is 2.20. The van der Waals surface area contributed by atoms with Gasteiger partial charge in [0.15, 0.2) is 0 Å². The molecule has 17 heavy (non-hydrogen) atoms. The van der Waals surface area contributed by atoms with Crippen LogP contribution < -0.4 is 10.6 Å². The summed E-state index contributed by atoms with van der Waals surface area (Å²) in [5, 5.41) is 6.08. The Labute approximate surface area is 111 Å². The number of hydrogen-bond acceptors (Lipinski definition) is 3. The fraction of sp³-hybridized carbons (Fsp3) is 0.923. The number of hydrogen-bond donors (Lipinski definition) is 2. The van der Waals surface area contributed by atoms with Gasteiger partial charge in [-0.25, -0.2) is 0 Å². The van der Waals surface area contributed by atoms with Crippen LogP contribution in [-0.4, -0.2) is 37.0 Å². The fourth-order valence-corrected chi connectivity index (χ4v) is 2.42. The first-order valence-corrected chi connectivity index (χ1v) is 7.66. The molecule has 0 aromatic heterocycles. The number of nitrogens with one attached hydrogen (secondary N) is 2. The molecule has 0 aliphatic rings. The van der Waals surface area contributed by atoms with Gasteiger partial charge in [-0.1, -0.05) is 27.7 Å². The summed E-state index contributed by atoms with van der Waals surface area (Å²) in [4.78, 5) is 11.3. The molecule has 0 aromatic carbocycles. The van der Waals surface area contributed by atoms with Crippen molar-refractivity contribution in [3.8, 4) is 0 Å². The highest BCUT2D eigenvalue weighted by Gasteiger charge is 2.08. The number of thioether (sulfide) groups is 1. The summed E-state index contributed by atoms with van der Waals surface area (Å²) in [7, 11) is 0. The summed E-state index contributed by atoms with van der Waals surface area (Å²) in [5.41, 5.74) is 0.419. The lowest BCUT2D eigenvalue weighted by molar-refractivity contribution is -0.120. The van der Waals surface area contributed by atoms with Crippen LogP contribution >= 0.6 is 11.8 Å². The Bertz CT molecular complexity index is 202. The molecule has 0 spiro atoms. The average Bonchev–Trinajstić information content (AvgIpc) is 2.22. The Morgan fingerprint density at radius 3 is 2.47 bits per heavy atom. The van der Waals surface area contributed by atoms with Gasteiger partial charge < -0.3 is 10.6 Å². The Hall–Kier alpha value is -0.220. The topological polar surface area (TPSA) is 41.1 Å². The van der Waals surface area contributed by atoms with E-state index in [0.717, 1.165) is 25.4 Å². The van der Waals surface area contributed by atoms with Crippen LogP contribution in [0, 0.1) is 5.41 Å². The second-order valence-corrected chi connectivity index (χ2v) is 6.60. The molecule has 0 fully saturated rings. The number of carbonyl (C=O) groups excluding carboxylic acids is 1. The van der Waals surface area contributed by atoms with Crippen molar-refractivity contribution in [2.45, 2.75) is 40.5 Å². The third-order valence-electron chi connectivity index (χ3n) is 2.34. The van der Waals surface area contributed by atoms with Crippen LogP contribution in [-0.2, 0) is 4.79 Å². The second-order valence-electron chi connectivity index (χ2n) is 5.38. The van der Waals surface area contributed by atoms with Gasteiger partial charge in [0.2, 0.25) is 5.91 Å².